The topological polar surface area (TPSA) is 59.1 Å². The first-order valence-corrected chi connectivity index (χ1v) is 6.36. The summed E-state index contributed by atoms with van der Waals surface area (Å²) in [5.41, 5.74) is 0. The van der Waals surface area contributed by atoms with Gasteiger partial charge >= 0.3 is 0 Å². The van der Waals surface area contributed by atoms with Gasteiger partial charge in [-0.2, -0.15) is 0 Å². The van der Waals surface area contributed by atoms with Crippen LogP contribution in [0, 0.1) is 11.6 Å². The molecule has 0 aliphatic heterocycles. The molecule has 0 amide bonds. The van der Waals surface area contributed by atoms with Crippen LogP contribution in [-0.4, -0.2) is 13.4 Å². The zero-order chi connectivity index (χ0) is 13.2. The fraction of sp³-hybridized carbons (Fsp3) is 0. The van der Waals surface area contributed by atoms with E-state index in [2.05, 4.69) is 9.71 Å². The number of rotatable bonds is 3. The molecule has 0 atom stereocenters. The SMILES string of the molecule is O=S(=O)(Nc1ccc(F)cn1)c1ccc(F)cc1. The number of benzene rings is 1. The second kappa shape index (κ2) is 4.69. The van der Waals surface area contributed by atoms with E-state index in [1.165, 1.54) is 6.07 Å². The Kier molecular flexibility index (Phi) is 3.24. The van der Waals surface area contributed by atoms with Gasteiger partial charge in [0.15, 0.2) is 0 Å². The highest BCUT2D eigenvalue weighted by atomic mass is 32.2. The summed E-state index contributed by atoms with van der Waals surface area (Å²) in [7, 11) is -3.84. The Morgan fingerprint density at radius 3 is 2.11 bits per heavy atom. The summed E-state index contributed by atoms with van der Waals surface area (Å²) in [5.74, 6) is -1.12. The van der Waals surface area contributed by atoms with Crippen LogP contribution in [0.25, 0.3) is 0 Å². The molecule has 4 nitrogen and oxygen atoms in total. The van der Waals surface area contributed by atoms with Crippen LogP contribution in [0.4, 0.5) is 14.6 Å². The lowest BCUT2D eigenvalue weighted by Crippen LogP contribution is -2.13. The fourth-order valence-corrected chi connectivity index (χ4v) is 2.25. The van der Waals surface area contributed by atoms with Crippen molar-refractivity contribution in [2.75, 3.05) is 4.72 Å². The van der Waals surface area contributed by atoms with Gasteiger partial charge in [0.2, 0.25) is 0 Å². The van der Waals surface area contributed by atoms with Crippen molar-refractivity contribution in [3.63, 3.8) is 0 Å². The fourth-order valence-electron chi connectivity index (χ4n) is 1.25. The molecule has 0 saturated heterocycles. The van der Waals surface area contributed by atoms with Crippen molar-refractivity contribution in [1.29, 1.82) is 0 Å². The van der Waals surface area contributed by atoms with Crippen LogP contribution in [0.2, 0.25) is 0 Å². The zero-order valence-electron chi connectivity index (χ0n) is 8.97. The third kappa shape index (κ3) is 2.80. The molecule has 1 N–H and O–H groups in total. The molecule has 0 saturated carbocycles. The highest BCUT2D eigenvalue weighted by Crippen LogP contribution is 2.14. The monoisotopic (exact) mass is 270 g/mol. The van der Waals surface area contributed by atoms with Crippen molar-refractivity contribution in [3.05, 3.63) is 54.2 Å². The van der Waals surface area contributed by atoms with E-state index in [0.717, 1.165) is 36.5 Å². The predicted molar refractivity (Wildman–Crippen MR) is 61.4 cm³/mol. The minimum Gasteiger partial charge on any atom is -0.263 e. The number of sulfonamides is 1. The van der Waals surface area contributed by atoms with Crippen LogP contribution >= 0.6 is 0 Å². The van der Waals surface area contributed by atoms with Crippen LogP contribution in [0.1, 0.15) is 0 Å². The molecule has 0 spiro atoms. The molecule has 1 aromatic heterocycles. The smallest absolute Gasteiger partial charge is 0.263 e. The van der Waals surface area contributed by atoms with E-state index in [1.807, 2.05) is 0 Å². The number of pyridine rings is 1. The van der Waals surface area contributed by atoms with Gasteiger partial charge in [0.05, 0.1) is 11.1 Å². The second-order valence-electron chi connectivity index (χ2n) is 3.42. The van der Waals surface area contributed by atoms with Gasteiger partial charge in [0, 0.05) is 0 Å². The van der Waals surface area contributed by atoms with Gasteiger partial charge in [-0.3, -0.25) is 4.72 Å². The Bertz CT molecular complexity index is 640. The number of halogens is 2. The molecule has 0 aliphatic carbocycles. The van der Waals surface area contributed by atoms with Gasteiger partial charge in [-0.15, -0.1) is 0 Å². The first kappa shape index (κ1) is 12.4. The van der Waals surface area contributed by atoms with Gasteiger partial charge in [-0.25, -0.2) is 22.2 Å². The van der Waals surface area contributed by atoms with Gasteiger partial charge in [0.1, 0.15) is 17.5 Å². The normalized spacial score (nSPS) is 11.2. The average Bonchev–Trinajstić information content (AvgIpc) is 2.32. The van der Waals surface area contributed by atoms with E-state index < -0.39 is 21.7 Å². The number of hydrogen-bond acceptors (Lipinski definition) is 3. The molecule has 94 valence electrons. The molecule has 2 rings (SSSR count). The lowest BCUT2D eigenvalue weighted by atomic mass is 10.4. The van der Waals surface area contributed by atoms with E-state index >= 15 is 0 Å². The quantitative estimate of drug-likeness (QED) is 0.929. The molecule has 2 aromatic rings. The van der Waals surface area contributed by atoms with Crippen LogP contribution in [0.3, 0.4) is 0 Å². The first-order valence-electron chi connectivity index (χ1n) is 4.87. The minimum absolute atomic E-state index is 0.0132. The van der Waals surface area contributed by atoms with E-state index in [-0.39, 0.29) is 10.7 Å². The number of aromatic nitrogens is 1. The van der Waals surface area contributed by atoms with Crippen molar-refractivity contribution in [2.24, 2.45) is 0 Å². The van der Waals surface area contributed by atoms with Gasteiger partial charge in [0.25, 0.3) is 10.0 Å². The zero-order valence-corrected chi connectivity index (χ0v) is 9.79. The summed E-state index contributed by atoms with van der Waals surface area (Å²) in [5, 5.41) is 0. The van der Waals surface area contributed by atoms with Crippen molar-refractivity contribution in [2.45, 2.75) is 4.90 Å². The van der Waals surface area contributed by atoms with Gasteiger partial charge in [-0.05, 0) is 36.4 Å². The maximum absolute atomic E-state index is 12.7. The Hall–Kier alpha value is -2.02. The Morgan fingerprint density at radius 1 is 0.944 bits per heavy atom. The van der Waals surface area contributed by atoms with Crippen molar-refractivity contribution in [1.82, 2.24) is 4.98 Å². The predicted octanol–water partition coefficient (Wildman–Crippen LogP) is 2.16. The van der Waals surface area contributed by atoms with Gasteiger partial charge < -0.3 is 0 Å². The molecular weight excluding hydrogens is 262 g/mol. The second-order valence-corrected chi connectivity index (χ2v) is 5.10. The molecule has 0 fully saturated rings. The summed E-state index contributed by atoms with van der Waals surface area (Å²) in [6, 6.07) is 6.59. The van der Waals surface area contributed by atoms with Crippen molar-refractivity contribution >= 4 is 15.8 Å². The molecule has 18 heavy (non-hydrogen) atoms. The highest BCUT2D eigenvalue weighted by molar-refractivity contribution is 7.92. The van der Waals surface area contributed by atoms with E-state index in [0.29, 0.717) is 0 Å². The maximum atomic E-state index is 12.7. The number of nitrogens with zero attached hydrogens (tertiary/aromatic N) is 1. The molecule has 0 bridgehead atoms. The molecule has 1 aromatic carbocycles. The molecule has 0 unspecified atom stereocenters. The molecule has 7 heteroatoms. The van der Waals surface area contributed by atoms with Crippen LogP contribution in [0.5, 0.6) is 0 Å². The van der Waals surface area contributed by atoms with E-state index in [9.17, 15) is 17.2 Å². The summed E-state index contributed by atoms with van der Waals surface area (Å²) >= 11 is 0. The number of nitrogens with one attached hydrogen (secondary N) is 1. The minimum atomic E-state index is -3.84. The maximum Gasteiger partial charge on any atom is 0.263 e. The van der Waals surface area contributed by atoms with Crippen LogP contribution in [0.15, 0.2) is 47.5 Å². The average molecular weight is 270 g/mol. The number of anilines is 1. The summed E-state index contributed by atoms with van der Waals surface area (Å²) in [6.45, 7) is 0. The Morgan fingerprint density at radius 2 is 1.56 bits per heavy atom. The summed E-state index contributed by atoms with van der Waals surface area (Å²) in [6.07, 6.45) is 0.891. The number of hydrogen-bond donors (Lipinski definition) is 1. The summed E-state index contributed by atoms with van der Waals surface area (Å²) < 4.78 is 51.1. The third-order valence-corrected chi connectivity index (χ3v) is 3.46. The third-order valence-electron chi connectivity index (χ3n) is 2.09. The van der Waals surface area contributed by atoms with E-state index in [4.69, 9.17) is 0 Å². The first-order chi connectivity index (χ1) is 8.47. The van der Waals surface area contributed by atoms with Crippen LogP contribution < -0.4 is 4.72 Å². The lowest BCUT2D eigenvalue weighted by Gasteiger charge is -2.06. The highest BCUT2D eigenvalue weighted by Gasteiger charge is 2.14. The molecule has 0 radical (unpaired) electrons. The standard InChI is InChI=1S/C11H8F2N2O2S/c12-8-1-4-10(5-2-8)18(16,17)15-11-6-3-9(13)7-14-11/h1-7H,(H,14,15). The Labute approximate surface area is 102 Å². The van der Waals surface area contributed by atoms with Crippen molar-refractivity contribution in [3.8, 4) is 0 Å². The summed E-state index contributed by atoms with van der Waals surface area (Å²) in [4.78, 5) is 3.47. The lowest BCUT2D eigenvalue weighted by molar-refractivity contribution is 0.599. The molecule has 1 heterocycles. The molecular formula is C11H8F2N2O2S. The largest absolute Gasteiger partial charge is 0.263 e. The Balaban J connectivity index is 2.27. The molecule has 0 aliphatic rings. The van der Waals surface area contributed by atoms with E-state index in [1.54, 1.807) is 0 Å². The van der Waals surface area contributed by atoms with Crippen LogP contribution in [-0.2, 0) is 10.0 Å². The van der Waals surface area contributed by atoms with Gasteiger partial charge in [-0.1, -0.05) is 0 Å². The van der Waals surface area contributed by atoms with Crippen molar-refractivity contribution < 1.29 is 17.2 Å².